The SMILES string of the molecule is CC1c2cc(F)cnc2NC1C(CC1CCOCC1)c1ccc(C(C)(C)O)c(F)c1. The molecular weight excluding hydrogens is 386 g/mol. The summed E-state index contributed by atoms with van der Waals surface area (Å²) < 4.78 is 34.2. The summed E-state index contributed by atoms with van der Waals surface area (Å²) >= 11 is 0. The van der Waals surface area contributed by atoms with E-state index < -0.39 is 11.4 Å². The number of rotatable bonds is 5. The summed E-state index contributed by atoms with van der Waals surface area (Å²) in [6.07, 6.45) is 4.10. The minimum atomic E-state index is -1.24. The molecule has 3 unspecified atom stereocenters. The van der Waals surface area contributed by atoms with Gasteiger partial charge in [-0.3, -0.25) is 0 Å². The number of pyridine rings is 1. The van der Waals surface area contributed by atoms with Crippen molar-refractivity contribution in [3.63, 3.8) is 0 Å². The van der Waals surface area contributed by atoms with E-state index in [4.69, 9.17) is 4.74 Å². The minimum absolute atomic E-state index is 0.00969. The van der Waals surface area contributed by atoms with Crippen molar-refractivity contribution < 1.29 is 18.6 Å². The second-order valence-corrected chi connectivity index (χ2v) is 9.25. The number of aliphatic hydroxyl groups is 1. The summed E-state index contributed by atoms with van der Waals surface area (Å²) in [5, 5.41) is 13.7. The van der Waals surface area contributed by atoms with Gasteiger partial charge in [0.25, 0.3) is 0 Å². The number of aromatic nitrogens is 1. The molecule has 3 heterocycles. The van der Waals surface area contributed by atoms with Crippen molar-refractivity contribution in [1.29, 1.82) is 0 Å². The second kappa shape index (κ2) is 8.23. The summed E-state index contributed by atoms with van der Waals surface area (Å²) in [5.74, 6) is 0.535. The van der Waals surface area contributed by atoms with Crippen molar-refractivity contribution in [3.05, 3.63) is 58.8 Å². The standard InChI is InChI=1S/C24H30F2N2O2/c1-14-18-12-17(25)13-27-23(18)28-22(14)19(10-15-6-8-30-9-7-15)16-4-5-20(21(26)11-16)24(2,3)29/h4-5,11-15,19,22,29H,6-10H2,1-3H3,(H,27,28). The molecule has 162 valence electrons. The first-order valence-electron chi connectivity index (χ1n) is 10.8. The first-order chi connectivity index (χ1) is 14.2. The molecule has 4 rings (SSSR count). The fourth-order valence-corrected chi connectivity index (χ4v) is 4.94. The van der Waals surface area contributed by atoms with E-state index in [1.165, 1.54) is 6.20 Å². The van der Waals surface area contributed by atoms with Gasteiger partial charge in [0, 0.05) is 42.2 Å². The number of hydrogen-bond donors (Lipinski definition) is 2. The highest BCUT2D eigenvalue weighted by molar-refractivity contribution is 5.55. The molecule has 4 nitrogen and oxygen atoms in total. The van der Waals surface area contributed by atoms with Gasteiger partial charge in [0.1, 0.15) is 17.5 Å². The lowest BCUT2D eigenvalue weighted by Gasteiger charge is -2.33. The maximum absolute atomic E-state index is 14.9. The summed E-state index contributed by atoms with van der Waals surface area (Å²) in [6, 6.07) is 6.70. The molecule has 1 saturated heterocycles. The van der Waals surface area contributed by atoms with E-state index in [0.717, 1.165) is 43.6 Å². The van der Waals surface area contributed by atoms with Crippen molar-refractivity contribution in [1.82, 2.24) is 4.98 Å². The van der Waals surface area contributed by atoms with Crippen LogP contribution in [0.25, 0.3) is 0 Å². The molecular formula is C24H30F2N2O2. The molecule has 1 aromatic carbocycles. The van der Waals surface area contributed by atoms with E-state index in [0.29, 0.717) is 11.7 Å². The Labute approximate surface area is 176 Å². The highest BCUT2D eigenvalue weighted by Crippen LogP contribution is 2.44. The largest absolute Gasteiger partial charge is 0.386 e. The summed E-state index contributed by atoms with van der Waals surface area (Å²) in [6.45, 7) is 6.75. The maximum atomic E-state index is 14.9. The van der Waals surface area contributed by atoms with Crippen molar-refractivity contribution in [3.8, 4) is 0 Å². The Balaban J connectivity index is 1.68. The first-order valence-corrected chi connectivity index (χ1v) is 10.8. The van der Waals surface area contributed by atoms with Gasteiger partial charge in [-0.25, -0.2) is 13.8 Å². The van der Waals surface area contributed by atoms with Crippen LogP contribution >= 0.6 is 0 Å². The van der Waals surface area contributed by atoms with Gasteiger partial charge in [-0.05, 0) is 56.7 Å². The number of nitrogens with one attached hydrogen (secondary N) is 1. The Morgan fingerprint density at radius 2 is 1.97 bits per heavy atom. The van der Waals surface area contributed by atoms with Crippen molar-refractivity contribution in [2.24, 2.45) is 5.92 Å². The average Bonchev–Trinajstić information content (AvgIpc) is 3.02. The molecule has 0 radical (unpaired) electrons. The van der Waals surface area contributed by atoms with E-state index in [1.54, 1.807) is 32.0 Å². The smallest absolute Gasteiger partial charge is 0.141 e. The lowest BCUT2D eigenvalue weighted by atomic mass is 9.76. The maximum Gasteiger partial charge on any atom is 0.141 e. The summed E-state index contributed by atoms with van der Waals surface area (Å²) in [7, 11) is 0. The zero-order valence-corrected chi connectivity index (χ0v) is 17.8. The topological polar surface area (TPSA) is 54.4 Å². The Bertz CT molecular complexity index is 907. The van der Waals surface area contributed by atoms with E-state index in [1.807, 2.05) is 6.07 Å². The number of halogens is 2. The normalized spacial score (nSPS) is 23.1. The zero-order valence-electron chi connectivity index (χ0n) is 17.8. The molecule has 0 bridgehead atoms. The van der Waals surface area contributed by atoms with Crippen LogP contribution in [0.2, 0.25) is 0 Å². The molecule has 2 aromatic rings. The molecule has 1 fully saturated rings. The van der Waals surface area contributed by atoms with Crippen LogP contribution in [-0.4, -0.2) is 29.3 Å². The minimum Gasteiger partial charge on any atom is -0.386 e. The van der Waals surface area contributed by atoms with E-state index in [9.17, 15) is 13.9 Å². The highest BCUT2D eigenvalue weighted by atomic mass is 19.1. The van der Waals surface area contributed by atoms with Gasteiger partial charge >= 0.3 is 0 Å². The van der Waals surface area contributed by atoms with Gasteiger partial charge in [-0.1, -0.05) is 19.1 Å². The van der Waals surface area contributed by atoms with Crippen LogP contribution in [0.4, 0.5) is 14.6 Å². The van der Waals surface area contributed by atoms with Gasteiger partial charge in [0.15, 0.2) is 0 Å². The highest BCUT2D eigenvalue weighted by Gasteiger charge is 2.38. The van der Waals surface area contributed by atoms with Crippen LogP contribution in [0, 0.1) is 17.6 Å². The second-order valence-electron chi connectivity index (χ2n) is 9.25. The van der Waals surface area contributed by atoms with Crippen molar-refractivity contribution >= 4 is 5.82 Å². The molecule has 0 amide bonds. The molecule has 2 N–H and O–H groups in total. The summed E-state index contributed by atoms with van der Waals surface area (Å²) in [4.78, 5) is 4.23. The lowest BCUT2D eigenvalue weighted by Crippen LogP contribution is -2.31. The van der Waals surface area contributed by atoms with Crippen LogP contribution in [0.3, 0.4) is 0 Å². The number of nitrogens with zero attached hydrogens (tertiary/aromatic N) is 1. The van der Waals surface area contributed by atoms with Crippen LogP contribution in [0.5, 0.6) is 0 Å². The third-order valence-corrected chi connectivity index (χ3v) is 6.66. The van der Waals surface area contributed by atoms with Gasteiger partial charge < -0.3 is 15.2 Å². The van der Waals surface area contributed by atoms with Crippen molar-refractivity contribution in [2.45, 2.75) is 63.5 Å². The van der Waals surface area contributed by atoms with Crippen LogP contribution < -0.4 is 5.32 Å². The van der Waals surface area contributed by atoms with Gasteiger partial charge in [-0.2, -0.15) is 0 Å². The first kappa shape index (κ1) is 21.2. The molecule has 0 aliphatic carbocycles. The molecule has 0 spiro atoms. The number of fused-ring (bicyclic) bond motifs is 1. The van der Waals surface area contributed by atoms with Crippen LogP contribution in [-0.2, 0) is 10.3 Å². The Morgan fingerprint density at radius 3 is 2.63 bits per heavy atom. The molecule has 1 aromatic heterocycles. The monoisotopic (exact) mass is 416 g/mol. The Hall–Kier alpha value is -2.05. The molecule has 3 atom stereocenters. The number of hydrogen-bond acceptors (Lipinski definition) is 4. The predicted molar refractivity (Wildman–Crippen MR) is 113 cm³/mol. The average molecular weight is 417 g/mol. The number of ether oxygens (including phenoxy) is 1. The van der Waals surface area contributed by atoms with Crippen LogP contribution in [0.1, 0.15) is 68.6 Å². The predicted octanol–water partition coefficient (Wildman–Crippen LogP) is 5.09. The van der Waals surface area contributed by atoms with Gasteiger partial charge in [0.2, 0.25) is 0 Å². The van der Waals surface area contributed by atoms with E-state index in [-0.39, 0.29) is 29.3 Å². The zero-order chi connectivity index (χ0) is 21.5. The number of anilines is 1. The lowest BCUT2D eigenvalue weighted by molar-refractivity contribution is 0.0607. The fourth-order valence-electron chi connectivity index (χ4n) is 4.94. The third kappa shape index (κ3) is 4.21. The van der Waals surface area contributed by atoms with Gasteiger partial charge in [-0.15, -0.1) is 0 Å². The van der Waals surface area contributed by atoms with E-state index in [2.05, 4.69) is 17.2 Å². The number of benzene rings is 1. The molecule has 2 aliphatic rings. The molecule has 30 heavy (non-hydrogen) atoms. The Morgan fingerprint density at radius 1 is 1.23 bits per heavy atom. The van der Waals surface area contributed by atoms with Crippen LogP contribution in [0.15, 0.2) is 30.5 Å². The quantitative estimate of drug-likeness (QED) is 0.713. The summed E-state index contributed by atoms with van der Waals surface area (Å²) in [5.41, 5.74) is 0.806. The molecule has 6 heteroatoms. The van der Waals surface area contributed by atoms with Gasteiger partial charge in [0.05, 0.1) is 11.8 Å². The molecule has 2 aliphatic heterocycles. The van der Waals surface area contributed by atoms with Crippen molar-refractivity contribution in [2.75, 3.05) is 18.5 Å². The third-order valence-electron chi connectivity index (χ3n) is 6.66. The molecule has 0 saturated carbocycles. The Kier molecular flexibility index (Phi) is 5.82. The fraction of sp³-hybridized carbons (Fsp3) is 0.542. The van der Waals surface area contributed by atoms with E-state index >= 15 is 0 Å².